The van der Waals surface area contributed by atoms with E-state index in [9.17, 15) is 4.79 Å². The fraction of sp³-hybridized carbons (Fsp3) is 0.400. The number of carbonyl (C=O) groups is 1. The summed E-state index contributed by atoms with van der Waals surface area (Å²) in [6.07, 6.45) is 1.84. The van der Waals surface area contributed by atoms with Crippen molar-refractivity contribution in [1.29, 1.82) is 0 Å². The van der Waals surface area contributed by atoms with Crippen molar-refractivity contribution in [1.82, 2.24) is 5.32 Å². The van der Waals surface area contributed by atoms with Crippen molar-refractivity contribution < 1.29 is 9.53 Å². The Labute approximate surface area is 109 Å². The number of rotatable bonds is 6. The molecule has 1 aromatic carbocycles. The zero-order valence-electron chi connectivity index (χ0n) is 11.3. The van der Waals surface area contributed by atoms with Crippen LogP contribution in [0.5, 0.6) is 5.75 Å². The molecular formula is C15H21NO2. The van der Waals surface area contributed by atoms with E-state index in [4.69, 9.17) is 4.74 Å². The molecule has 98 valence electrons. The van der Waals surface area contributed by atoms with Gasteiger partial charge in [-0.25, -0.2) is 0 Å². The van der Waals surface area contributed by atoms with Crippen LogP contribution in [0.25, 0.3) is 0 Å². The molecule has 0 saturated heterocycles. The summed E-state index contributed by atoms with van der Waals surface area (Å²) in [6, 6.07) is 5.85. The molecule has 18 heavy (non-hydrogen) atoms. The van der Waals surface area contributed by atoms with Crippen LogP contribution in [0.4, 0.5) is 0 Å². The van der Waals surface area contributed by atoms with Crippen LogP contribution < -0.4 is 10.1 Å². The normalized spacial score (nSPS) is 11.7. The zero-order valence-corrected chi connectivity index (χ0v) is 11.3. The molecule has 0 aliphatic rings. The average molecular weight is 247 g/mol. The molecule has 0 spiro atoms. The Hall–Kier alpha value is -1.77. The molecular weight excluding hydrogens is 226 g/mol. The van der Waals surface area contributed by atoms with Crippen LogP contribution in [0.2, 0.25) is 0 Å². The molecule has 0 radical (unpaired) electrons. The number of carbonyl (C=O) groups excluding carboxylic acids is 1. The van der Waals surface area contributed by atoms with Gasteiger partial charge in [0.1, 0.15) is 5.75 Å². The number of hydrogen-bond donors (Lipinski definition) is 1. The fourth-order valence-electron chi connectivity index (χ4n) is 1.56. The third-order valence-electron chi connectivity index (χ3n) is 2.84. The van der Waals surface area contributed by atoms with E-state index in [1.807, 2.05) is 39.0 Å². The van der Waals surface area contributed by atoms with Crippen molar-refractivity contribution in [3.8, 4) is 5.75 Å². The SMILES string of the molecule is C=CCNC(=O)[C@@H](CC)Oc1ccc(C)c(C)c1. The molecule has 1 N–H and O–H groups in total. The van der Waals surface area contributed by atoms with Gasteiger partial charge in [-0.2, -0.15) is 0 Å². The predicted molar refractivity (Wildman–Crippen MR) is 73.8 cm³/mol. The second kappa shape index (κ2) is 6.84. The van der Waals surface area contributed by atoms with E-state index in [0.717, 1.165) is 11.3 Å². The van der Waals surface area contributed by atoms with E-state index in [-0.39, 0.29) is 5.91 Å². The van der Waals surface area contributed by atoms with Crippen LogP contribution in [0.1, 0.15) is 24.5 Å². The lowest BCUT2D eigenvalue weighted by Gasteiger charge is -2.17. The topological polar surface area (TPSA) is 38.3 Å². The lowest BCUT2D eigenvalue weighted by atomic mass is 10.1. The van der Waals surface area contributed by atoms with E-state index < -0.39 is 6.10 Å². The van der Waals surface area contributed by atoms with Gasteiger partial charge in [-0.05, 0) is 43.5 Å². The maximum atomic E-state index is 11.8. The van der Waals surface area contributed by atoms with Gasteiger partial charge >= 0.3 is 0 Å². The van der Waals surface area contributed by atoms with Crippen molar-refractivity contribution in [2.45, 2.75) is 33.3 Å². The highest BCUT2D eigenvalue weighted by molar-refractivity contribution is 5.81. The van der Waals surface area contributed by atoms with Crippen LogP contribution in [0.15, 0.2) is 30.9 Å². The minimum absolute atomic E-state index is 0.101. The molecule has 1 amide bonds. The Morgan fingerprint density at radius 1 is 1.44 bits per heavy atom. The lowest BCUT2D eigenvalue weighted by molar-refractivity contribution is -0.127. The highest BCUT2D eigenvalue weighted by atomic mass is 16.5. The Morgan fingerprint density at radius 2 is 2.17 bits per heavy atom. The van der Waals surface area contributed by atoms with Crippen LogP contribution in [-0.2, 0) is 4.79 Å². The maximum Gasteiger partial charge on any atom is 0.261 e. The highest BCUT2D eigenvalue weighted by Gasteiger charge is 2.17. The quantitative estimate of drug-likeness (QED) is 0.785. The molecule has 1 rings (SSSR count). The third-order valence-corrected chi connectivity index (χ3v) is 2.84. The van der Waals surface area contributed by atoms with Crippen LogP contribution in [-0.4, -0.2) is 18.6 Å². The molecule has 0 unspecified atom stereocenters. The van der Waals surface area contributed by atoms with Gasteiger partial charge in [0.25, 0.3) is 5.91 Å². The van der Waals surface area contributed by atoms with Gasteiger partial charge in [0.05, 0.1) is 0 Å². The summed E-state index contributed by atoms with van der Waals surface area (Å²) >= 11 is 0. The lowest BCUT2D eigenvalue weighted by Crippen LogP contribution is -2.38. The van der Waals surface area contributed by atoms with Crippen LogP contribution in [0.3, 0.4) is 0 Å². The molecule has 1 aromatic rings. The second-order valence-corrected chi connectivity index (χ2v) is 4.29. The zero-order chi connectivity index (χ0) is 13.5. The van der Waals surface area contributed by atoms with Gasteiger partial charge in [0.2, 0.25) is 0 Å². The molecule has 3 heteroatoms. The van der Waals surface area contributed by atoms with Gasteiger partial charge in [-0.1, -0.05) is 19.1 Å². The first kappa shape index (κ1) is 14.3. The van der Waals surface area contributed by atoms with Gasteiger partial charge in [0, 0.05) is 6.54 Å². The van der Waals surface area contributed by atoms with Gasteiger partial charge < -0.3 is 10.1 Å². The Balaban J connectivity index is 2.69. The van der Waals surface area contributed by atoms with Crippen molar-refractivity contribution in [2.24, 2.45) is 0 Å². The molecule has 1 atom stereocenters. The monoisotopic (exact) mass is 247 g/mol. The maximum absolute atomic E-state index is 11.8. The number of benzene rings is 1. The Kier molecular flexibility index (Phi) is 5.43. The number of amides is 1. The third kappa shape index (κ3) is 3.91. The van der Waals surface area contributed by atoms with Gasteiger partial charge in [0.15, 0.2) is 6.10 Å². The summed E-state index contributed by atoms with van der Waals surface area (Å²) in [5.41, 5.74) is 2.38. The van der Waals surface area contributed by atoms with Crippen molar-refractivity contribution in [3.63, 3.8) is 0 Å². The second-order valence-electron chi connectivity index (χ2n) is 4.29. The first-order chi connectivity index (χ1) is 8.58. The van der Waals surface area contributed by atoms with E-state index >= 15 is 0 Å². The van der Waals surface area contributed by atoms with E-state index in [2.05, 4.69) is 11.9 Å². The summed E-state index contributed by atoms with van der Waals surface area (Å²) < 4.78 is 5.71. The van der Waals surface area contributed by atoms with Crippen molar-refractivity contribution >= 4 is 5.91 Å². The summed E-state index contributed by atoms with van der Waals surface area (Å²) in [4.78, 5) is 11.8. The largest absolute Gasteiger partial charge is 0.481 e. The van der Waals surface area contributed by atoms with Crippen molar-refractivity contribution in [2.75, 3.05) is 6.54 Å². The first-order valence-electron chi connectivity index (χ1n) is 6.21. The molecule has 3 nitrogen and oxygen atoms in total. The molecule has 0 aliphatic heterocycles. The van der Waals surface area contributed by atoms with E-state index in [1.165, 1.54) is 5.56 Å². The number of aryl methyl sites for hydroxylation is 2. The molecule has 0 aromatic heterocycles. The number of hydrogen-bond acceptors (Lipinski definition) is 2. The predicted octanol–water partition coefficient (Wildman–Crippen LogP) is 2.76. The van der Waals surface area contributed by atoms with Gasteiger partial charge in [-0.15, -0.1) is 6.58 Å². The summed E-state index contributed by atoms with van der Waals surface area (Å²) in [6.45, 7) is 10.0. The molecule has 0 bridgehead atoms. The number of ether oxygens (including phenoxy) is 1. The van der Waals surface area contributed by atoms with E-state index in [0.29, 0.717) is 13.0 Å². The molecule has 0 saturated carbocycles. The van der Waals surface area contributed by atoms with Gasteiger partial charge in [-0.3, -0.25) is 4.79 Å². The van der Waals surface area contributed by atoms with E-state index in [1.54, 1.807) is 6.08 Å². The average Bonchev–Trinajstić information content (AvgIpc) is 2.37. The summed E-state index contributed by atoms with van der Waals surface area (Å²) in [7, 11) is 0. The Bertz CT molecular complexity index is 427. The molecule has 0 fully saturated rings. The van der Waals surface area contributed by atoms with Crippen LogP contribution >= 0.6 is 0 Å². The van der Waals surface area contributed by atoms with Crippen molar-refractivity contribution in [3.05, 3.63) is 42.0 Å². The Morgan fingerprint density at radius 3 is 2.72 bits per heavy atom. The van der Waals surface area contributed by atoms with Crippen LogP contribution in [0, 0.1) is 13.8 Å². The minimum atomic E-state index is -0.452. The summed E-state index contributed by atoms with van der Waals surface area (Å²) in [5.74, 6) is 0.634. The fourth-order valence-corrected chi connectivity index (χ4v) is 1.56. The standard InChI is InChI=1S/C15H21NO2/c1-5-9-16-15(17)14(6-2)18-13-8-7-11(3)12(4)10-13/h5,7-8,10,14H,1,6,9H2,2-4H3,(H,16,17)/t14-/m1/s1. The molecule has 0 heterocycles. The highest BCUT2D eigenvalue weighted by Crippen LogP contribution is 2.18. The first-order valence-corrected chi connectivity index (χ1v) is 6.21. The molecule has 0 aliphatic carbocycles. The minimum Gasteiger partial charge on any atom is -0.481 e. The summed E-state index contributed by atoms with van der Waals surface area (Å²) in [5, 5.41) is 2.75. The number of nitrogens with one attached hydrogen (secondary N) is 1. The smallest absolute Gasteiger partial charge is 0.261 e.